The number of alkyl halides is 1. The van der Waals surface area contributed by atoms with E-state index in [0.29, 0.717) is 24.5 Å². The smallest absolute Gasteiger partial charge is 0.161 e. The lowest BCUT2D eigenvalue weighted by Gasteiger charge is -2.16. The molecule has 1 aromatic rings. The van der Waals surface area contributed by atoms with Gasteiger partial charge >= 0.3 is 0 Å². The summed E-state index contributed by atoms with van der Waals surface area (Å²) in [6, 6.07) is 6.05. The molecule has 0 aliphatic heterocycles. The highest BCUT2D eigenvalue weighted by Gasteiger charge is 2.50. The summed E-state index contributed by atoms with van der Waals surface area (Å²) in [5, 5.41) is 0.0601. The third-order valence-corrected chi connectivity index (χ3v) is 4.38. The monoisotopic (exact) mass is 282 g/mol. The van der Waals surface area contributed by atoms with E-state index in [1.807, 2.05) is 26.0 Å². The predicted molar refractivity (Wildman–Crippen MR) is 79.3 cm³/mol. The molecule has 0 amide bonds. The number of hydrogen-bond acceptors (Lipinski definition) is 2. The lowest BCUT2D eigenvalue weighted by atomic mass is 10.0. The van der Waals surface area contributed by atoms with Gasteiger partial charge < -0.3 is 9.47 Å². The second kappa shape index (κ2) is 5.62. The summed E-state index contributed by atoms with van der Waals surface area (Å²) in [7, 11) is 0. The van der Waals surface area contributed by atoms with Crippen molar-refractivity contribution in [1.29, 1.82) is 0 Å². The van der Waals surface area contributed by atoms with E-state index in [2.05, 4.69) is 19.9 Å². The minimum Gasteiger partial charge on any atom is -0.490 e. The normalized spacial score (nSPS) is 21.8. The van der Waals surface area contributed by atoms with Crippen LogP contribution in [0.25, 0.3) is 0 Å². The molecule has 0 saturated heterocycles. The fraction of sp³-hybridized carbons (Fsp3) is 0.625. The molecule has 3 heteroatoms. The van der Waals surface area contributed by atoms with Gasteiger partial charge in [-0.1, -0.05) is 19.9 Å². The highest BCUT2D eigenvalue weighted by Crippen LogP contribution is 2.60. The van der Waals surface area contributed by atoms with Gasteiger partial charge in [-0.2, -0.15) is 0 Å². The molecule has 1 aromatic carbocycles. The van der Waals surface area contributed by atoms with Crippen molar-refractivity contribution in [2.75, 3.05) is 13.2 Å². The maximum Gasteiger partial charge on any atom is 0.161 e. The average molecular weight is 283 g/mol. The molecule has 19 heavy (non-hydrogen) atoms. The number of halogens is 1. The predicted octanol–water partition coefficient (Wildman–Crippen LogP) is 4.81. The zero-order valence-corrected chi connectivity index (χ0v) is 13.0. The summed E-state index contributed by atoms with van der Waals surface area (Å²) in [4.78, 5) is 0. The van der Waals surface area contributed by atoms with Gasteiger partial charge in [0.2, 0.25) is 0 Å². The van der Waals surface area contributed by atoms with Crippen LogP contribution in [0.15, 0.2) is 18.2 Å². The van der Waals surface area contributed by atoms with Crippen LogP contribution in [0.4, 0.5) is 0 Å². The van der Waals surface area contributed by atoms with E-state index < -0.39 is 0 Å². The van der Waals surface area contributed by atoms with Crippen LogP contribution in [-0.4, -0.2) is 13.2 Å². The Hall–Kier alpha value is -0.890. The quantitative estimate of drug-likeness (QED) is 0.697. The van der Waals surface area contributed by atoms with Crippen molar-refractivity contribution in [3.05, 3.63) is 23.8 Å². The molecule has 2 unspecified atom stereocenters. The highest BCUT2D eigenvalue weighted by atomic mass is 35.5. The first-order chi connectivity index (χ1) is 8.99. The van der Waals surface area contributed by atoms with E-state index >= 15 is 0 Å². The number of ether oxygens (including phenoxy) is 2. The van der Waals surface area contributed by atoms with Crippen LogP contribution in [0.1, 0.15) is 45.1 Å². The van der Waals surface area contributed by atoms with Crippen LogP contribution in [-0.2, 0) is 0 Å². The van der Waals surface area contributed by atoms with E-state index in [1.165, 1.54) is 6.42 Å². The van der Waals surface area contributed by atoms with E-state index in [0.717, 1.165) is 17.1 Å². The number of rotatable bonds is 6. The van der Waals surface area contributed by atoms with Crippen LogP contribution in [0, 0.1) is 11.3 Å². The van der Waals surface area contributed by atoms with E-state index in [-0.39, 0.29) is 5.38 Å². The fourth-order valence-corrected chi connectivity index (χ4v) is 3.04. The molecular weight excluding hydrogens is 260 g/mol. The summed E-state index contributed by atoms with van der Waals surface area (Å²) in [5.41, 5.74) is 1.50. The van der Waals surface area contributed by atoms with Crippen LogP contribution in [0.2, 0.25) is 0 Å². The Morgan fingerprint density at radius 3 is 2.32 bits per heavy atom. The van der Waals surface area contributed by atoms with Crippen molar-refractivity contribution in [3.63, 3.8) is 0 Å². The molecule has 1 saturated carbocycles. The first-order valence-electron chi connectivity index (χ1n) is 7.03. The average Bonchev–Trinajstić information content (AvgIpc) is 3.00. The van der Waals surface area contributed by atoms with Crippen molar-refractivity contribution >= 4 is 11.6 Å². The SMILES string of the molecule is CCOc1ccc(C(Cl)C2CC2(C)C)cc1OCC. The van der Waals surface area contributed by atoms with Crippen LogP contribution < -0.4 is 9.47 Å². The Bertz CT molecular complexity index is 442. The van der Waals surface area contributed by atoms with Gasteiger partial charge in [-0.15, -0.1) is 11.6 Å². The molecule has 2 atom stereocenters. The standard InChI is InChI=1S/C16H23ClO2/c1-5-18-13-8-7-11(9-14(13)19-6-2)15(17)12-10-16(12,3)4/h7-9,12,15H,5-6,10H2,1-4H3. The van der Waals surface area contributed by atoms with Gasteiger partial charge in [-0.3, -0.25) is 0 Å². The van der Waals surface area contributed by atoms with E-state index in [9.17, 15) is 0 Å². The summed E-state index contributed by atoms with van der Waals surface area (Å²) < 4.78 is 11.2. The topological polar surface area (TPSA) is 18.5 Å². The molecule has 2 rings (SSSR count). The Morgan fingerprint density at radius 2 is 1.79 bits per heavy atom. The Labute approximate surface area is 121 Å². The van der Waals surface area contributed by atoms with Gasteiger partial charge in [0.05, 0.1) is 18.6 Å². The lowest BCUT2D eigenvalue weighted by Crippen LogP contribution is -2.02. The second-order valence-corrected chi connectivity index (χ2v) is 6.24. The largest absolute Gasteiger partial charge is 0.490 e. The summed E-state index contributed by atoms with van der Waals surface area (Å²) in [6.07, 6.45) is 1.19. The van der Waals surface area contributed by atoms with E-state index in [1.54, 1.807) is 0 Å². The molecule has 1 aliphatic carbocycles. The molecule has 106 valence electrons. The molecular formula is C16H23ClO2. The second-order valence-electron chi connectivity index (χ2n) is 5.77. The molecule has 1 fully saturated rings. The van der Waals surface area contributed by atoms with Gasteiger partial charge in [0.25, 0.3) is 0 Å². The van der Waals surface area contributed by atoms with Crippen LogP contribution in [0.5, 0.6) is 11.5 Å². The highest BCUT2D eigenvalue weighted by molar-refractivity contribution is 6.21. The Kier molecular flexibility index (Phi) is 4.29. The van der Waals surface area contributed by atoms with Gasteiger partial charge in [-0.05, 0) is 49.3 Å². The van der Waals surface area contributed by atoms with Crippen molar-refractivity contribution in [2.24, 2.45) is 11.3 Å². The molecule has 0 N–H and O–H groups in total. The Balaban J connectivity index is 2.20. The molecule has 1 aliphatic rings. The summed E-state index contributed by atoms with van der Waals surface area (Å²) in [6.45, 7) is 9.76. The Morgan fingerprint density at radius 1 is 1.21 bits per heavy atom. The maximum atomic E-state index is 6.59. The molecule has 0 heterocycles. The van der Waals surface area contributed by atoms with Gasteiger partial charge in [0.15, 0.2) is 11.5 Å². The molecule has 0 radical (unpaired) electrons. The van der Waals surface area contributed by atoms with Crippen LogP contribution >= 0.6 is 11.6 Å². The third kappa shape index (κ3) is 3.17. The van der Waals surface area contributed by atoms with Gasteiger partial charge in [0, 0.05) is 0 Å². The van der Waals surface area contributed by atoms with Crippen molar-refractivity contribution in [1.82, 2.24) is 0 Å². The molecule has 0 spiro atoms. The van der Waals surface area contributed by atoms with E-state index in [4.69, 9.17) is 21.1 Å². The maximum absolute atomic E-state index is 6.59. The minimum absolute atomic E-state index is 0.0601. The molecule has 2 nitrogen and oxygen atoms in total. The lowest BCUT2D eigenvalue weighted by molar-refractivity contribution is 0.287. The van der Waals surface area contributed by atoms with Crippen molar-refractivity contribution < 1.29 is 9.47 Å². The number of benzene rings is 1. The van der Waals surface area contributed by atoms with Crippen LogP contribution in [0.3, 0.4) is 0 Å². The fourth-order valence-electron chi connectivity index (χ4n) is 2.48. The molecule has 0 bridgehead atoms. The first-order valence-corrected chi connectivity index (χ1v) is 7.46. The summed E-state index contributed by atoms with van der Waals surface area (Å²) in [5.74, 6) is 2.15. The zero-order chi connectivity index (χ0) is 14.0. The minimum atomic E-state index is 0.0601. The molecule has 0 aromatic heterocycles. The van der Waals surface area contributed by atoms with Crippen molar-refractivity contribution in [2.45, 2.75) is 39.5 Å². The number of hydrogen-bond donors (Lipinski definition) is 0. The van der Waals surface area contributed by atoms with Gasteiger partial charge in [0.1, 0.15) is 0 Å². The summed E-state index contributed by atoms with van der Waals surface area (Å²) >= 11 is 6.59. The first kappa shape index (κ1) is 14.5. The zero-order valence-electron chi connectivity index (χ0n) is 12.2. The van der Waals surface area contributed by atoms with Crippen molar-refractivity contribution in [3.8, 4) is 11.5 Å². The van der Waals surface area contributed by atoms with Gasteiger partial charge in [-0.25, -0.2) is 0 Å². The third-order valence-electron chi connectivity index (χ3n) is 3.83.